The van der Waals surface area contributed by atoms with Gasteiger partial charge in [0.15, 0.2) is 0 Å². The molecular weight excluding hydrogens is 224 g/mol. The predicted molar refractivity (Wildman–Crippen MR) is 71.6 cm³/mol. The molecule has 0 radical (unpaired) electrons. The molecule has 2 aliphatic rings. The molecule has 0 bridgehead atoms. The third-order valence-corrected chi connectivity index (χ3v) is 4.13. The average molecular weight is 242 g/mol. The Balaban J connectivity index is 2.01. The highest BCUT2D eigenvalue weighted by Crippen LogP contribution is 2.40. The van der Waals surface area contributed by atoms with Gasteiger partial charge in [0.1, 0.15) is 12.4 Å². The van der Waals surface area contributed by atoms with Gasteiger partial charge >= 0.3 is 0 Å². The van der Waals surface area contributed by atoms with Crippen LogP contribution in [0.25, 0.3) is 0 Å². The Labute approximate surface area is 107 Å². The van der Waals surface area contributed by atoms with Crippen molar-refractivity contribution < 1.29 is 4.79 Å². The minimum absolute atomic E-state index is 0.0332. The number of hydrogen-bond donors (Lipinski definition) is 1. The molecule has 18 heavy (non-hydrogen) atoms. The van der Waals surface area contributed by atoms with Crippen molar-refractivity contribution in [3.05, 3.63) is 35.9 Å². The van der Waals surface area contributed by atoms with E-state index in [2.05, 4.69) is 34.6 Å². The molecule has 0 unspecified atom stereocenters. The average Bonchev–Trinajstić information content (AvgIpc) is 2.88. The van der Waals surface area contributed by atoms with Gasteiger partial charge < -0.3 is 5.32 Å². The van der Waals surface area contributed by atoms with E-state index in [1.807, 2.05) is 6.07 Å². The van der Waals surface area contributed by atoms with E-state index in [0.717, 1.165) is 18.7 Å². The van der Waals surface area contributed by atoms with Crippen molar-refractivity contribution in [3.8, 4) is 0 Å². The molecule has 1 fully saturated rings. The van der Waals surface area contributed by atoms with Crippen LogP contribution in [0.3, 0.4) is 0 Å². The van der Waals surface area contributed by atoms with Gasteiger partial charge in [0.25, 0.3) is 0 Å². The van der Waals surface area contributed by atoms with Crippen LogP contribution in [0.5, 0.6) is 0 Å². The number of hydrogen-bond acceptors (Lipinski definition) is 2. The summed E-state index contributed by atoms with van der Waals surface area (Å²) in [4.78, 5) is 15.9. The summed E-state index contributed by atoms with van der Waals surface area (Å²) < 4.78 is 0. The second kappa shape index (κ2) is 4.56. The van der Waals surface area contributed by atoms with Crippen LogP contribution in [0, 0.1) is 0 Å². The third kappa shape index (κ3) is 1.84. The van der Waals surface area contributed by atoms with E-state index in [1.54, 1.807) is 0 Å². The molecular formula is C15H18N2O. The summed E-state index contributed by atoms with van der Waals surface area (Å²) in [6, 6.07) is 10.5. The molecule has 1 saturated carbocycles. The number of rotatable bonds is 2. The van der Waals surface area contributed by atoms with E-state index in [-0.39, 0.29) is 11.3 Å². The predicted octanol–water partition coefficient (Wildman–Crippen LogP) is 2.42. The van der Waals surface area contributed by atoms with Crippen molar-refractivity contribution in [3.63, 3.8) is 0 Å². The van der Waals surface area contributed by atoms with E-state index in [1.165, 1.54) is 24.8 Å². The summed E-state index contributed by atoms with van der Waals surface area (Å²) in [5.74, 6) is 0.935. The minimum atomic E-state index is -0.0499. The van der Waals surface area contributed by atoms with Crippen LogP contribution >= 0.6 is 0 Å². The van der Waals surface area contributed by atoms with Crippen molar-refractivity contribution in [1.82, 2.24) is 5.32 Å². The third-order valence-electron chi connectivity index (χ3n) is 4.13. The highest BCUT2D eigenvalue weighted by molar-refractivity contribution is 6.08. The Morgan fingerprint density at radius 1 is 1.06 bits per heavy atom. The van der Waals surface area contributed by atoms with Gasteiger partial charge in [0.2, 0.25) is 5.91 Å². The van der Waals surface area contributed by atoms with Crippen molar-refractivity contribution >= 4 is 11.7 Å². The zero-order chi connectivity index (χ0) is 12.4. The standard InChI is InChI=1S/C15H18N2O/c18-13-11-16-14(17-13)15(9-5-2-6-10-15)12-7-3-1-4-8-12/h1,3-4,7-8H,2,5-6,9-11H2,(H,16,17,18). The number of nitrogens with one attached hydrogen (secondary N) is 1. The summed E-state index contributed by atoms with van der Waals surface area (Å²) in [5, 5.41) is 2.97. The lowest BCUT2D eigenvalue weighted by atomic mass is 9.68. The van der Waals surface area contributed by atoms with Gasteiger partial charge in [-0.05, 0) is 18.4 Å². The fraction of sp³-hybridized carbons (Fsp3) is 0.467. The second-order valence-corrected chi connectivity index (χ2v) is 5.22. The highest BCUT2D eigenvalue weighted by atomic mass is 16.2. The summed E-state index contributed by atoms with van der Waals surface area (Å²) in [6.45, 7) is 0.296. The van der Waals surface area contributed by atoms with Crippen LogP contribution in [0.15, 0.2) is 35.3 Å². The monoisotopic (exact) mass is 242 g/mol. The first kappa shape index (κ1) is 11.5. The lowest BCUT2D eigenvalue weighted by molar-refractivity contribution is -0.117. The summed E-state index contributed by atoms with van der Waals surface area (Å²) in [7, 11) is 0. The summed E-state index contributed by atoms with van der Waals surface area (Å²) in [5.41, 5.74) is 1.25. The molecule has 94 valence electrons. The first-order valence-electron chi connectivity index (χ1n) is 6.72. The number of nitrogens with zero attached hydrogens (tertiary/aromatic N) is 1. The van der Waals surface area contributed by atoms with Crippen LogP contribution < -0.4 is 5.32 Å². The topological polar surface area (TPSA) is 41.5 Å². The molecule has 1 aliphatic heterocycles. The van der Waals surface area contributed by atoms with Gasteiger partial charge in [0, 0.05) is 0 Å². The fourth-order valence-corrected chi connectivity index (χ4v) is 3.21. The van der Waals surface area contributed by atoms with Crippen LogP contribution in [0.2, 0.25) is 0 Å². The number of amidine groups is 1. The first-order chi connectivity index (χ1) is 8.81. The Kier molecular flexibility index (Phi) is 2.90. The van der Waals surface area contributed by atoms with E-state index in [9.17, 15) is 4.79 Å². The molecule has 1 N–H and O–H groups in total. The molecule has 1 aliphatic carbocycles. The normalized spacial score (nSPS) is 22.4. The molecule has 1 aromatic rings. The minimum Gasteiger partial charge on any atom is -0.312 e. The molecule has 3 rings (SSSR count). The Morgan fingerprint density at radius 3 is 2.39 bits per heavy atom. The van der Waals surface area contributed by atoms with E-state index in [4.69, 9.17) is 0 Å². The van der Waals surface area contributed by atoms with Crippen molar-refractivity contribution in [1.29, 1.82) is 0 Å². The van der Waals surface area contributed by atoms with Crippen LogP contribution in [-0.4, -0.2) is 18.3 Å². The number of carbonyl (C=O) groups excluding carboxylic acids is 1. The second-order valence-electron chi connectivity index (χ2n) is 5.22. The molecule has 1 aromatic carbocycles. The van der Waals surface area contributed by atoms with Crippen LogP contribution in [-0.2, 0) is 10.2 Å². The van der Waals surface area contributed by atoms with Gasteiger partial charge in [-0.2, -0.15) is 0 Å². The molecule has 0 atom stereocenters. The number of carbonyl (C=O) groups is 1. The summed E-state index contributed by atoms with van der Waals surface area (Å²) >= 11 is 0. The molecule has 1 amide bonds. The first-order valence-corrected chi connectivity index (χ1v) is 6.72. The zero-order valence-corrected chi connectivity index (χ0v) is 10.5. The van der Waals surface area contributed by atoms with E-state index >= 15 is 0 Å². The number of benzene rings is 1. The zero-order valence-electron chi connectivity index (χ0n) is 10.5. The maximum Gasteiger partial charge on any atom is 0.247 e. The van der Waals surface area contributed by atoms with Crippen LogP contribution in [0.4, 0.5) is 0 Å². The van der Waals surface area contributed by atoms with Gasteiger partial charge in [-0.1, -0.05) is 49.6 Å². The van der Waals surface area contributed by atoms with Gasteiger partial charge in [-0.15, -0.1) is 0 Å². The van der Waals surface area contributed by atoms with Gasteiger partial charge in [-0.25, -0.2) is 0 Å². The Bertz CT molecular complexity index is 473. The number of amides is 1. The lowest BCUT2D eigenvalue weighted by Crippen LogP contribution is -2.45. The lowest BCUT2D eigenvalue weighted by Gasteiger charge is -2.37. The smallest absolute Gasteiger partial charge is 0.247 e. The molecule has 3 heteroatoms. The SMILES string of the molecule is O=C1CN=C(C2(c3ccccc3)CCCCC2)N1. The summed E-state index contributed by atoms with van der Waals surface area (Å²) in [6.07, 6.45) is 5.90. The Hall–Kier alpha value is -1.64. The molecule has 3 nitrogen and oxygen atoms in total. The van der Waals surface area contributed by atoms with E-state index in [0.29, 0.717) is 6.54 Å². The largest absolute Gasteiger partial charge is 0.312 e. The molecule has 0 aromatic heterocycles. The van der Waals surface area contributed by atoms with Crippen molar-refractivity contribution in [2.45, 2.75) is 37.5 Å². The van der Waals surface area contributed by atoms with Crippen LogP contribution in [0.1, 0.15) is 37.7 Å². The van der Waals surface area contributed by atoms with Gasteiger partial charge in [0.05, 0.1) is 5.41 Å². The molecule has 0 saturated heterocycles. The van der Waals surface area contributed by atoms with Crippen molar-refractivity contribution in [2.24, 2.45) is 4.99 Å². The van der Waals surface area contributed by atoms with Gasteiger partial charge in [-0.3, -0.25) is 9.79 Å². The quantitative estimate of drug-likeness (QED) is 0.850. The molecule has 0 spiro atoms. The highest BCUT2D eigenvalue weighted by Gasteiger charge is 2.41. The fourth-order valence-electron chi connectivity index (χ4n) is 3.21. The van der Waals surface area contributed by atoms with Crippen molar-refractivity contribution in [2.75, 3.05) is 6.54 Å². The number of aliphatic imine (C=N–C) groups is 1. The Morgan fingerprint density at radius 2 is 1.78 bits per heavy atom. The maximum absolute atomic E-state index is 11.4. The molecule has 1 heterocycles. The maximum atomic E-state index is 11.4. The van der Waals surface area contributed by atoms with E-state index < -0.39 is 0 Å².